The number of rotatable bonds is 4. The molecule has 1 saturated heterocycles. The van der Waals surface area contributed by atoms with E-state index in [9.17, 15) is 4.39 Å². The molecule has 1 heterocycles. The van der Waals surface area contributed by atoms with Crippen molar-refractivity contribution >= 4 is 11.6 Å². The second-order valence-corrected chi connectivity index (χ2v) is 5.83. The minimum Gasteiger partial charge on any atom is -0.329 e. The van der Waals surface area contributed by atoms with E-state index < -0.39 is 0 Å². The SMILES string of the molecule is CCC1CCC(C)N1C(CN)c1cc(F)cc(Cl)c1. The Morgan fingerprint density at radius 3 is 2.74 bits per heavy atom. The van der Waals surface area contributed by atoms with Gasteiger partial charge in [-0.1, -0.05) is 18.5 Å². The fourth-order valence-corrected chi connectivity index (χ4v) is 3.50. The molecule has 2 nitrogen and oxygen atoms in total. The number of hydrogen-bond acceptors (Lipinski definition) is 2. The highest BCUT2D eigenvalue weighted by molar-refractivity contribution is 6.30. The van der Waals surface area contributed by atoms with Gasteiger partial charge in [0.1, 0.15) is 5.82 Å². The lowest BCUT2D eigenvalue weighted by atomic mass is 10.0. The van der Waals surface area contributed by atoms with E-state index in [1.165, 1.54) is 18.9 Å². The minimum atomic E-state index is -0.291. The summed E-state index contributed by atoms with van der Waals surface area (Å²) in [6.45, 7) is 4.90. The molecule has 19 heavy (non-hydrogen) atoms. The largest absolute Gasteiger partial charge is 0.329 e. The molecule has 1 fully saturated rings. The van der Waals surface area contributed by atoms with Crippen LogP contribution in [0, 0.1) is 5.82 Å². The van der Waals surface area contributed by atoms with Gasteiger partial charge in [0.2, 0.25) is 0 Å². The molecule has 1 aliphatic heterocycles. The van der Waals surface area contributed by atoms with E-state index in [1.54, 1.807) is 6.07 Å². The smallest absolute Gasteiger partial charge is 0.125 e. The maximum atomic E-state index is 13.5. The molecule has 2 rings (SSSR count). The summed E-state index contributed by atoms with van der Waals surface area (Å²) < 4.78 is 13.5. The topological polar surface area (TPSA) is 29.3 Å². The maximum Gasteiger partial charge on any atom is 0.125 e. The van der Waals surface area contributed by atoms with Crippen molar-refractivity contribution in [3.63, 3.8) is 0 Å². The summed E-state index contributed by atoms with van der Waals surface area (Å²) in [6.07, 6.45) is 3.47. The lowest BCUT2D eigenvalue weighted by Crippen LogP contribution is -2.41. The van der Waals surface area contributed by atoms with Gasteiger partial charge in [0.15, 0.2) is 0 Å². The summed E-state index contributed by atoms with van der Waals surface area (Å²) in [5.41, 5.74) is 6.85. The van der Waals surface area contributed by atoms with Crippen molar-refractivity contribution in [2.24, 2.45) is 5.73 Å². The second-order valence-electron chi connectivity index (χ2n) is 5.39. The number of likely N-dealkylation sites (tertiary alicyclic amines) is 1. The molecule has 0 aliphatic carbocycles. The Morgan fingerprint density at radius 2 is 2.16 bits per heavy atom. The van der Waals surface area contributed by atoms with Gasteiger partial charge in [-0.25, -0.2) is 4.39 Å². The Kier molecular flexibility index (Phi) is 4.82. The summed E-state index contributed by atoms with van der Waals surface area (Å²) >= 11 is 5.97. The van der Waals surface area contributed by atoms with Crippen molar-refractivity contribution in [2.75, 3.05) is 6.54 Å². The van der Waals surface area contributed by atoms with Crippen LogP contribution in [0.25, 0.3) is 0 Å². The minimum absolute atomic E-state index is 0.0515. The molecular formula is C15H22ClFN2. The Hall–Kier alpha value is -0.640. The van der Waals surface area contributed by atoms with Crippen molar-refractivity contribution < 1.29 is 4.39 Å². The Balaban J connectivity index is 2.32. The monoisotopic (exact) mass is 284 g/mol. The zero-order valence-corrected chi connectivity index (χ0v) is 12.3. The van der Waals surface area contributed by atoms with Gasteiger partial charge in [-0.15, -0.1) is 0 Å². The molecule has 106 valence electrons. The maximum absolute atomic E-state index is 13.5. The summed E-state index contributed by atoms with van der Waals surface area (Å²) in [5.74, 6) is -0.291. The third-order valence-corrected chi connectivity index (χ3v) is 4.39. The summed E-state index contributed by atoms with van der Waals surface area (Å²) in [5, 5.41) is 0.438. The molecule has 0 bridgehead atoms. The molecule has 2 N–H and O–H groups in total. The number of nitrogens with zero attached hydrogens (tertiary/aromatic N) is 1. The quantitative estimate of drug-likeness (QED) is 0.912. The predicted molar refractivity (Wildman–Crippen MR) is 77.8 cm³/mol. The molecule has 0 spiro atoms. The first-order chi connectivity index (χ1) is 9.06. The molecule has 3 atom stereocenters. The van der Waals surface area contributed by atoms with Gasteiger partial charge < -0.3 is 5.73 Å². The molecule has 1 aromatic carbocycles. The average molecular weight is 285 g/mol. The van der Waals surface area contributed by atoms with E-state index in [0.29, 0.717) is 23.7 Å². The van der Waals surface area contributed by atoms with E-state index in [4.69, 9.17) is 17.3 Å². The van der Waals surface area contributed by atoms with E-state index in [1.807, 2.05) is 6.07 Å². The van der Waals surface area contributed by atoms with Crippen molar-refractivity contribution in [2.45, 2.75) is 51.2 Å². The standard InChI is InChI=1S/C15H22ClFN2/c1-3-14-5-4-10(2)19(14)15(9-18)11-6-12(16)8-13(17)7-11/h6-8,10,14-15H,3-5,9,18H2,1-2H3. The second kappa shape index (κ2) is 6.21. The fourth-order valence-electron chi connectivity index (χ4n) is 3.27. The summed E-state index contributed by atoms with van der Waals surface area (Å²) in [6, 6.07) is 5.80. The first-order valence-corrected chi connectivity index (χ1v) is 7.38. The molecule has 0 radical (unpaired) electrons. The van der Waals surface area contributed by atoms with Crippen LogP contribution in [0.1, 0.15) is 44.7 Å². The highest BCUT2D eigenvalue weighted by Gasteiger charge is 2.35. The Bertz CT molecular complexity index is 418. The van der Waals surface area contributed by atoms with Crippen molar-refractivity contribution in [3.05, 3.63) is 34.6 Å². The molecule has 0 saturated carbocycles. The molecule has 1 aliphatic rings. The van der Waals surface area contributed by atoms with Crippen LogP contribution < -0.4 is 5.73 Å². The van der Waals surface area contributed by atoms with Crippen LogP contribution in [0.4, 0.5) is 4.39 Å². The van der Waals surface area contributed by atoms with Crippen LogP contribution in [0.5, 0.6) is 0 Å². The van der Waals surface area contributed by atoms with Gasteiger partial charge in [0, 0.05) is 29.7 Å². The molecule has 3 unspecified atom stereocenters. The van der Waals surface area contributed by atoms with E-state index in [0.717, 1.165) is 12.0 Å². The summed E-state index contributed by atoms with van der Waals surface area (Å²) in [7, 11) is 0. The lowest BCUT2D eigenvalue weighted by molar-refractivity contribution is 0.136. The zero-order chi connectivity index (χ0) is 14.0. The van der Waals surface area contributed by atoms with Crippen LogP contribution in [-0.4, -0.2) is 23.5 Å². The average Bonchev–Trinajstić information content (AvgIpc) is 2.71. The third-order valence-electron chi connectivity index (χ3n) is 4.17. The first-order valence-electron chi connectivity index (χ1n) is 7.00. The number of nitrogens with two attached hydrogens (primary N) is 1. The summed E-state index contributed by atoms with van der Waals surface area (Å²) in [4.78, 5) is 2.44. The van der Waals surface area contributed by atoms with Crippen molar-refractivity contribution in [1.82, 2.24) is 4.90 Å². The molecule has 4 heteroatoms. The van der Waals surface area contributed by atoms with Crippen LogP contribution in [0.3, 0.4) is 0 Å². The normalized spacial score (nSPS) is 25.7. The van der Waals surface area contributed by atoms with Crippen molar-refractivity contribution in [3.8, 4) is 0 Å². The van der Waals surface area contributed by atoms with Gasteiger partial charge in [0.05, 0.1) is 0 Å². The molecule has 1 aromatic rings. The van der Waals surface area contributed by atoms with Crippen molar-refractivity contribution in [1.29, 1.82) is 0 Å². The van der Waals surface area contributed by atoms with Crippen LogP contribution in [0.15, 0.2) is 18.2 Å². The van der Waals surface area contributed by atoms with Crippen LogP contribution in [-0.2, 0) is 0 Å². The van der Waals surface area contributed by atoms with Crippen LogP contribution >= 0.6 is 11.6 Å². The van der Waals surface area contributed by atoms with E-state index >= 15 is 0 Å². The van der Waals surface area contributed by atoms with E-state index in [2.05, 4.69) is 18.7 Å². The van der Waals surface area contributed by atoms with Gasteiger partial charge in [-0.3, -0.25) is 4.90 Å². The van der Waals surface area contributed by atoms with Gasteiger partial charge >= 0.3 is 0 Å². The van der Waals surface area contributed by atoms with Gasteiger partial charge in [0.25, 0.3) is 0 Å². The highest BCUT2D eigenvalue weighted by atomic mass is 35.5. The third kappa shape index (κ3) is 3.10. The number of benzene rings is 1. The van der Waals surface area contributed by atoms with Crippen LogP contribution in [0.2, 0.25) is 5.02 Å². The number of hydrogen-bond donors (Lipinski definition) is 1. The zero-order valence-electron chi connectivity index (χ0n) is 11.6. The fraction of sp³-hybridized carbons (Fsp3) is 0.600. The number of halogens is 2. The lowest BCUT2D eigenvalue weighted by Gasteiger charge is -2.35. The van der Waals surface area contributed by atoms with Gasteiger partial charge in [-0.2, -0.15) is 0 Å². The van der Waals surface area contributed by atoms with Gasteiger partial charge in [-0.05, 0) is 49.9 Å². The highest BCUT2D eigenvalue weighted by Crippen LogP contribution is 2.35. The predicted octanol–water partition coefficient (Wildman–Crippen LogP) is 3.74. The van der Waals surface area contributed by atoms with E-state index in [-0.39, 0.29) is 11.9 Å². The Labute approximate surface area is 119 Å². The Morgan fingerprint density at radius 1 is 1.42 bits per heavy atom. The molecule has 0 amide bonds. The molecule has 0 aromatic heterocycles. The first kappa shape index (κ1) is 14.8. The molecular weight excluding hydrogens is 263 g/mol.